The number of Topliss-reactive ketones (excluding diaryl/α,β-unsaturated/α-hetero) is 1. The summed E-state index contributed by atoms with van der Waals surface area (Å²) in [6.45, 7) is 7.41. The summed E-state index contributed by atoms with van der Waals surface area (Å²) < 4.78 is 17.7. The second-order valence-electron chi connectivity index (χ2n) is 8.08. The van der Waals surface area contributed by atoms with Crippen LogP contribution in [0.15, 0.2) is 24.0 Å². The molecule has 1 N–H and O–H groups in total. The molecule has 5 heteroatoms. The van der Waals surface area contributed by atoms with Gasteiger partial charge in [-0.05, 0) is 43.9 Å². The summed E-state index contributed by atoms with van der Waals surface area (Å²) in [7, 11) is 1.68. The zero-order valence-corrected chi connectivity index (χ0v) is 17.4. The van der Waals surface area contributed by atoms with Gasteiger partial charge in [0.25, 0.3) is 0 Å². The predicted octanol–water partition coefficient (Wildman–Crippen LogP) is 3.68. The fourth-order valence-corrected chi connectivity index (χ4v) is 5.31. The summed E-state index contributed by atoms with van der Waals surface area (Å²) in [6, 6.07) is 4.49. The third kappa shape index (κ3) is 2.59. The summed E-state index contributed by atoms with van der Waals surface area (Å²) in [6.07, 6.45) is 6.34. The highest BCUT2D eigenvalue weighted by Crippen LogP contribution is 2.62. The van der Waals surface area contributed by atoms with Crippen LogP contribution in [-0.2, 0) is 21.4 Å². The van der Waals surface area contributed by atoms with Crippen LogP contribution in [0.2, 0.25) is 0 Å². The zero-order chi connectivity index (χ0) is 19.9. The lowest BCUT2D eigenvalue weighted by molar-refractivity contribution is -0.121. The largest absolute Gasteiger partial charge is 0.493 e. The van der Waals surface area contributed by atoms with Gasteiger partial charge in [0.1, 0.15) is 0 Å². The van der Waals surface area contributed by atoms with Crippen molar-refractivity contribution in [3.63, 3.8) is 0 Å². The van der Waals surface area contributed by atoms with E-state index in [1.54, 1.807) is 7.11 Å². The molecule has 0 bridgehead atoms. The Morgan fingerprint density at radius 1 is 1.21 bits per heavy atom. The molecular weight excluding hydrogens is 354 g/mol. The standard InChI is InChI=1S/C23H31NO4/c1-5-8-11-28-21-17(26-4)10-9-15-12-19-23(24-19)14-18(27-7-3)16(25)13-22(23,6-2)20(15)21/h9-10,14,19,24H,5-8,11-13H2,1-4H3/t19-,22-,23?/m0/s1. The van der Waals surface area contributed by atoms with E-state index in [4.69, 9.17) is 14.2 Å². The molecule has 5 nitrogen and oxygen atoms in total. The Kier molecular flexibility index (Phi) is 4.90. The maximum atomic E-state index is 13.0. The highest BCUT2D eigenvalue weighted by Gasteiger charge is 2.70. The quantitative estimate of drug-likeness (QED) is 0.546. The van der Waals surface area contributed by atoms with Crippen LogP contribution in [0.25, 0.3) is 0 Å². The van der Waals surface area contributed by atoms with Gasteiger partial charge in [-0.1, -0.05) is 26.3 Å². The average Bonchev–Trinajstić information content (AvgIpc) is 3.40. The molecule has 0 amide bonds. The molecule has 4 rings (SSSR count). The molecule has 1 fully saturated rings. The first-order valence-electron chi connectivity index (χ1n) is 10.6. The number of nitrogens with one attached hydrogen (secondary N) is 1. The number of hydrogen-bond acceptors (Lipinski definition) is 5. The monoisotopic (exact) mass is 385 g/mol. The average molecular weight is 386 g/mol. The van der Waals surface area contributed by atoms with E-state index >= 15 is 0 Å². The van der Waals surface area contributed by atoms with Crippen molar-refractivity contribution in [3.05, 3.63) is 35.1 Å². The molecule has 1 heterocycles. The number of allylic oxidation sites excluding steroid dienone is 1. The molecule has 1 aromatic carbocycles. The van der Waals surface area contributed by atoms with Gasteiger partial charge in [-0.25, -0.2) is 0 Å². The number of methoxy groups -OCH3 is 1. The van der Waals surface area contributed by atoms with E-state index in [1.807, 2.05) is 13.0 Å². The van der Waals surface area contributed by atoms with Crippen molar-refractivity contribution >= 4 is 5.78 Å². The van der Waals surface area contributed by atoms with Gasteiger partial charge in [0.2, 0.25) is 0 Å². The maximum Gasteiger partial charge on any atom is 0.198 e. The van der Waals surface area contributed by atoms with Crippen molar-refractivity contribution < 1.29 is 19.0 Å². The van der Waals surface area contributed by atoms with Gasteiger partial charge in [0.05, 0.1) is 25.9 Å². The SMILES string of the molecule is CCCCOc1c(OC)ccc2c1[C@]1(CC)CC(=O)C(OCC)=CC13N[C@H]3C2. The van der Waals surface area contributed by atoms with E-state index in [1.165, 1.54) is 5.56 Å². The fraction of sp³-hybridized carbons (Fsp3) is 0.609. The van der Waals surface area contributed by atoms with E-state index in [2.05, 4.69) is 31.3 Å². The Morgan fingerprint density at radius 2 is 2.04 bits per heavy atom. The summed E-state index contributed by atoms with van der Waals surface area (Å²) in [5.74, 6) is 2.17. The van der Waals surface area contributed by atoms with Crippen LogP contribution in [0.1, 0.15) is 57.6 Å². The minimum atomic E-state index is -0.334. The first-order valence-corrected chi connectivity index (χ1v) is 10.6. The molecule has 1 aliphatic heterocycles. The van der Waals surface area contributed by atoms with Gasteiger partial charge >= 0.3 is 0 Å². The summed E-state index contributed by atoms with van der Waals surface area (Å²) >= 11 is 0. The molecular formula is C23H31NO4. The van der Waals surface area contributed by atoms with Crippen molar-refractivity contribution in [2.75, 3.05) is 20.3 Å². The number of fused-ring (bicyclic) bond motifs is 2. The lowest BCUT2D eigenvalue weighted by atomic mass is 9.56. The Balaban J connectivity index is 1.88. The minimum absolute atomic E-state index is 0.0805. The first kappa shape index (κ1) is 19.3. The van der Waals surface area contributed by atoms with Gasteiger partial charge in [-0.3, -0.25) is 4.79 Å². The van der Waals surface area contributed by atoms with E-state index in [-0.39, 0.29) is 16.7 Å². The van der Waals surface area contributed by atoms with Crippen molar-refractivity contribution in [2.45, 2.75) is 69.9 Å². The molecule has 0 aromatic heterocycles. The molecule has 1 saturated heterocycles. The van der Waals surface area contributed by atoms with E-state index in [0.29, 0.717) is 31.4 Å². The number of benzene rings is 1. The molecule has 28 heavy (non-hydrogen) atoms. The van der Waals surface area contributed by atoms with Gasteiger partial charge in [0.15, 0.2) is 23.0 Å². The van der Waals surface area contributed by atoms with Crippen LogP contribution in [0.3, 0.4) is 0 Å². The molecule has 3 atom stereocenters. The topological polar surface area (TPSA) is 66.7 Å². The number of ether oxygens (including phenoxy) is 3. The summed E-state index contributed by atoms with van der Waals surface area (Å²) in [4.78, 5) is 13.0. The van der Waals surface area contributed by atoms with E-state index in [9.17, 15) is 4.79 Å². The van der Waals surface area contributed by atoms with E-state index in [0.717, 1.165) is 42.7 Å². The van der Waals surface area contributed by atoms with Crippen LogP contribution < -0.4 is 14.8 Å². The lowest BCUT2D eigenvalue weighted by Crippen LogP contribution is -2.52. The van der Waals surface area contributed by atoms with Gasteiger partial charge in [-0.2, -0.15) is 0 Å². The van der Waals surface area contributed by atoms with Gasteiger partial charge in [-0.15, -0.1) is 0 Å². The predicted molar refractivity (Wildman–Crippen MR) is 108 cm³/mol. The van der Waals surface area contributed by atoms with Gasteiger partial charge < -0.3 is 19.5 Å². The molecule has 2 aliphatic carbocycles. The van der Waals surface area contributed by atoms with Crippen molar-refractivity contribution in [1.29, 1.82) is 0 Å². The molecule has 0 saturated carbocycles. The van der Waals surface area contributed by atoms with E-state index < -0.39 is 0 Å². The molecule has 1 spiro atoms. The van der Waals surface area contributed by atoms with Crippen LogP contribution in [0.4, 0.5) is 0 Å². The smallest absolute Gasteiger partial charge is 0.198 e. The maximum absolute atomic E-state index is 13.0. The zero-order valence-electron chi connectivity index (χ0n) is 17.4. The number of rotatable bonds is 8. The molecule has 1 aromatic rings. The van der Waals surface area contributed by atoms with Crippen molar-refractivity contribution in [2.24, 2.45) is 0 Å². The summed E-state index contributed by atoms with van der Waals surface area (Å²) in [5, 5.41) is 3.72. The Morgan fingerprint density at radius 3 is 2.71 bits per heavy atom. The van der Waals surface area contributed by atoms with Crippen LogP contribution in [0, 0.1) is 0 Å². The van der Waals surface area contributed by atoms with Crippen LogP contribution in [0.5, 0.6) is 11.5 Å². The molecule has 152 valence electrons. The second kappa shape index (κ2) is 7.11. The summed E-state index contributed by atoms with van der Waals surface area (Å²) in [5.41, 5.74) is 1.86. The third-order valence-corrected chi connectivity index (χ3v) is 6.75. The Bertz CT molecular complexity index is 817. The third-order valence-electron chi connectivity index (χ3n) is 6.75. The normalized spacial score (nSPS) is 29.9. The number of ketones is 1. The highest BCUT2D eigenvalue weighted by molar-refractivity contribution is 5.97. The molecule has 1 unspecified atom stereocenters. The van der Waals surface area contributed by atoms with Gasteiger partial charge in [0, 0.05) is 23.4 Å². The highest BCUT2D eigenvalue weighted by atomic mass is 16.5. The second-order valence-corrected chi connectivity index (χ2v) is 8.08. The molecule has 0 radical (unpaired) electrons. The van der Waals surface area contributed by atoms with Crippen LogP contribution in [-0.4, -0.2) is 37.7 Å². The number of carbonyl (C=O) groups is 1. The fourth-order valence-electron chi connectivity index (χ4n) is 5.31. The minimum Gasteiger partial charge on any atom is -0.493 e. The number of hydrogen-bond donors (Lipinski definition) is 1. The lowest BCUT2D eigenvalue weighted by Gasteiger charge is -2.46. The Hall–Kier alpha value is -2.01. The number of unbranched alkanes of at least 4 members (excludes halogenated alkanes) is 1. The van der Waals surface area contributed by atoms with Crippen molar-refractivity contribution in [3.8, 4) is 11.5 Å². The first-order chi connectivity index (χ1) is 13.6. The Labute approximate surface area is 167 Å². The van der Waals surface area contributed by atoms with Crippen molar-refractivity contribution in [1.82, 2.24) is 5.32 Å². The van der Waals surface area contributed by atoms with Crippen LogP contribution >= 0.6 is 0 Å². The molecule has 3 aliphatic rings. The number of carbonyl (C=O) groups excluding carboxylic acids is 1.